The van der Waals surface area contributed by atoms with Crippen molar-refractivity contribution in [3.8, 4) is 0 Å². The number of aryl methyl sites for hydroxylation is 3. The van der Waals surface area contributed by atoms with Gasteiger partial charge >= 0.3 is 0 Å². The molecule has 0 atom stereocenters. The maximum absolute atomic E-state index is 13.1. The Kier molecular flexibility index (Phi) is 5.76. The summed E-state index contributed by atoms with van der Waals surface area (Å²) in [6.07, 6.45) is 9.10. The summed E-state index contributed by atoms with van der Waals surface area (Å²) in [6, 6.07) is 2.29. The smallest absolute Gasteiger partial charge is 0.257 e. The lowest BCUT2D eigenvalue weighted by atomic mass is 9.94. The molecule has 6 heterocycles. The van der Waals surface area contributed by atoms with Crippen LogP contribution in [0, 0.1) is 6.92 Å². The van der Waals surface area contributed by atoms with Crippen LogP contribution in [0.2, 0.25) is 0 Å². The topological polar surface area (TPSA) is 56.0 Å². The van der Waals surface area contributed by atoms with E-state index in [2.05, 4.69) is 27.1 Å². The minimum Gasteiger partial charge on any atom is -0.331 e. The summed E-state index contributed by atoms with van der Waals surface area (Å²) in [5.41, 5.74) is 6.38. The molecule has 3 aliphatic rings. The largest absolute Gasteiger partial charge is 0.331 e. The molecule has 33 heavy (non-hydrogen) atoms. The predicted octanol–water partition coefficient (Wildman–Crippen LogP) is 4.00. The predicted molar refractivity (Wildman–Crippen MR) is 134 cm³/mol. The summed E-state index contributed by atoms with van der Waals surface area (Å²) in [4.78, 5) is 26.5. The molecule has 0 bridgehead atoms. The first kappa shape index (κ1) is 21.4. The molecule has 0 N–H and O–H groups in total. The molecule has 0 unspecified atom stereocenters. The highest BCUT2D eigenvalue weighted by molar-refractivity contribution is 7.99. The van der Waals surface area contributed by atoms with Gasteiger partial charge in [-0.15, -0.1) is 11.3 Å². The number of piperidine rings is 1. The van der Waals surface area contributed by atoms with Gasteiger partial charge < -0.3 is 9.47 Å². The van der Waals surface area contributed by atoms with Crippen LogP contribution < -0.4 is 5.56 Å². The van der Waals surface area contributed by atoms with Crippen LogP contribution >= 0.6 is 23.1 Å². The SMILES string of the molecule is Cc1nc2n(c(=O)c1CCN1CCC(=C3c4sccc4CCn4ccnc43)CC1)CCCS2. The molecule has 0 aromatic carbocycles. The van der Waals surface area contributed by atoms with E-state index < -0.39 is 0 Å². The molecule has 172 valence electrons. The van der Waals surface area contributed by atoms with Crippen LogP contribution in [-0.4, -0.2) is 49.4 Å². The van der Waals surface area contributed by atoms with Gasteiger partial charge in [-0.25, -0.2) is 9.97 Å². The fourth-order valence-corrected chi connectivity index (χ4v) is 7.39. The molecule has 0 radical (unpaired) electrons. The fraction of sp³-hybridized carbons (Fsp3) is 0.480. The highest BCUT2D eigenvalue weighted by atomic mass is 32.2. The number of aromatic nitrogens is 4. The molecule has 3 aromatic heterocycles. The third-order valence-corrected chi connectivity index (χ3v) is 9.25. The summed E-state index contributed by atoms with van der Waals surface area (Å²) < 4.78 is 4.21. The number of thioether (sulfide) groups is 1. The monoisotopic (exact) mass is 479 g/mol. The van der Waals surface area contributed by atoms with Crippen LogP contribution in [0.15, 0.2) is 39.4 Å². The van der Waals surface area contributed by atoms with Crippen molar-refractivity contribution in [3.05, 3.63) is 67.3 Å². The van der Waals surface area contributed by atoms with Gasteiger partial charge in [-0.05, 0) is 56.0 Å². The van der Waals surface area contributed by atoms with Gasteiger partial charge in [0.25, 0.3) is 5.56 Å². The molecular weight excluding hydrogens is 450 g/mol. The van der Waals surface area contributed by atoms with E-state index in [1.54, 1.807) is 11.8 Å². The second-order valence-electron chi connectivity index (χ2n) is 9.16. The Balaban J connectivity index is 1.19. The van der Waals surface area contributed by atoms with Gasteiger partial charge in [-0.1, -0.05) is 17.3 Å². The molecule has 0 spiro atoms. The summed E-state index contributed by atoms with van der Waals surface area (Å²) >= 11 is 3.57. The van der Waals surface area contributed by atoms with Crippen molar-refractivity contribution in [2.45, 2.75) is 57.3 Å². The quantitative estimate of drug-likeness (QED) is 0.532. The van der Waals surface area contributed by atoms with Crippen molar-refractivity contribution in [2.24, 2.45) is 0 Å². The summed E-state index contributed by atoms with van der Waals surface area (Å²) in [7, 11) is 0. The highest BCUT2D eigenvalue weighted by Gasteiger charge is 2.26. The number of nitrogens with zero attached hydrogens (tertiary/aromatic N) is 5. The average Bonchev–Trinajstić information content (AvgIpc) is 3.46. The van der Waals surface area contributed by atoms with Crippen molar-refractivity contribution >= 4 is 28.7 Å². The number of imidazole rings is 1. The molecule has 1 fully saturated rings. The van der Waals surface area contributed by atoms with E-state index in [4.69, 9.17) is 9.97 Å². The van der Waals surface area contributed by atoms with Crippen LogP contribution in [-0.2, 0) is 25.9 Å². The lowest BCUT2D eigenvalue weighted by molar-refractivity contribution is 0.259. The first-order valence-corrected chi connectivity index (χ1v) is 13.8. The average molecular weight is 480 g/mol. The second-order valence-corrected chi connectivity index (χ2v) is 11.1. The fourth-order valence-electron chi connectivity index (χ4n) is 5.35. The van der Waals surface area contributed by atoms with Gasteiger partial charge in [0.05, 0.1) is 0 Å². The third kappa shape index (κ3) is 3.92. The summed E-state index contributed by atoms with van der Waals surface area (Å²) in [5.74, 6) is 2.20. The van der Waals surface area contributed by atoms with Crippen LogP contribution in [0.25, 0.3) is 5.57 Å². The van der Waals surface area contributed by atoms with Gasteiger partial charge in [0.2, 0.25) is 0 Å². The van der Waals surface area contributed by atoms with Crippen molar-refractivity contribution in [2.75, 3.05) is 25.4 Å². The number of rotatable bonds is 3. The van der Waals surface area contributed by atoms with Crippen LogP contribution in [0.1, 0.15) is 46.8 Å². The summed E-state index contributed by atoms with van der Waals surface area (Å²) in [5, 5.41) is 3.13. The maximum atomic E-state index is 13.1. The Morgan fingerprint density at radius 3 is 2.88 bits per heavy atom. The van der Waals surface area contributed by atoms with Crippen molar-refractivity contribution in [1.29, 1.82) is 0 Å². The molecule has 0 saturated carbocycles. The zero-order valence-corrected chi connectivity index (χ0v) is 20.7. The lowest BCUT2D eigenvalue weighted by Crippen LogP contribution is -2.35. The van der Waals surface area contributed by atoms with E-state index in [1.807, 2.05) is 29.0 Å². The van der Waals surface area contributed by atoms with Gasteiger partial charge in [0, 0.05) is 72.6 Å². The Morgan fingerprint density at radius 2 is 2.00 bits per heavy atom. The molecule has 6 rings (SSSR count). The number of thiophene rings is 1. The molecule has 3 aromatic rings. The number of hydrogen-bond donors (Lipinski definition) is 0. The van der Waals surface area contributed by atoms with E-state index in [9.17, 15) is 4.79 Å². The minimum atomic E-state index is 0.181. The molecule has 0 aliphatic carbocycles. The molecular formula is C25H29N5OS2. The minimum absolute atomic E-state index is 0.181. The third-order valence-electron chi connectivity index (χ3n) is 7.22. The molecule has 6 nitrogen and oxygen atoms in total. The van der Waals surface area contributed by atoms with Gasteiger partial charge in [0.15, 0.2) is 5.16 Å². The Morgan fingerprint density at radius 1 is 1.12 bits per heavy atom. The Bertz CT molecular complexity index is 1230. The summed E-state index contributed by atoms with van der Waals surface area (Å²) in [6.45, 7) is 6.81. The first-order chi connectivity index (χ1) is 16.2. The number of likely N-dealkylation sites (tertiary alicyclic amines) is 1. The van der Waals surface area contributed by atoms with Crippen molar-refractivity contribution < 1.29 is 0 Å². The lowest BCUT2D eigenvalue weighted by Gasteiger charge is -2.30. The highest BCUT2D eigenvalue weighted by Crippen LogP contribution is 2.38. The number of hydrogen-bond acceptors (Lipinski definition) is 6. The molecule has 1 saturated heterocycles. The molecule has 3 aliphatic heterocycles. The molecule has 8 heteroatoms. The van der Waals surface area contributed by atoms with Crippen LogP contribution in [0.3, 0.4) is 0 Å². The van der Waals surface area contributed by atoms with Crippen molar-refractivity contribution in [1.82, 2.24) is 24.0 Å². The van der Waals surface area contributed by atoms with Crippen LogP contribution in [0.4, 0.5) is 0 Å². The Hall–Kier alpha value is -2.16. The van der Waals surface area contributed by atoms with E-state index in [1.165, 1.54) is 21.6 Å². The normalized spacial score (nSPS) is 18.6. The number of fused-ring (bicyclic) bond motifs is 3. The zero-order valence-electron chi connectivity index (χ0n) is 19.0. The van der Waals surface area contributed by atoms with E-state index in [-0.39, 0.29) is 5.56 Å². The zero-order chi connectivity index (χ0) is 22.4. The van der Waals surface area contributed by atoms with E-state index >= 15 is 0 Å². The van der Waals surface area contributed by atoms with Gasteiger partial charge in [0.1, 0.15) is 5.82 Å². The van der Waals surface area contributed by atoms with E-state index in [0.717, 1.165) is 92.8 Å². The maximum Gasteiger partial charge on any atom is 0.257 e. The van der Waals surface area contributed by atoms with Crippen molar-refractivity contribution in [3.63, 3.8) is 0 Å². The standard InChI is InChI=1S/C25H29N5OS2/c1-17-20(24(31)30-9-2-15-33-25(30)27-17)6-12-28-10-3-18(4-11-28)21-22-19(7-16-32-22)5-13-29-14-8-26-23(21)29/h7-8,14,16H,2-6,9-13,15H2,1H3. The Labute approximate surface area is 202 Å². The molecule has 0 amide bonds. The van der Waals surface area contributed by atoms with E-state index in [0.29, 0.717) is 0 Å². The first-order valence-electron chi connectivity index (χ1n) is 11.9. The van der Waals surface area contributed by atoms with Gasteiger partial charge in [-0.2, -0.15) is 0 Å². The van der Waals surface area contributed by atoms with Crippen LogP contribution in [0.5, 0.6) is 0 Å². The van der Waals surface area contributed by atoms with Gasteiger partial charge in [-0.3, -0.25) is 9.36 Å². The second kappa shape index (κ2) is 8.89.